The van der Waals surface area contributed by atoms with E-state index < -0.39 is 0 Å². The number of furan rings is 1. The molecule has 0 bridgehead atoms. The monoisotopic (exact) mass is 284 g/mol. The van der Waals surface area contributed by atoms with E-state index in [1.54, 1.807) is 17.0 Å². The summed E-state index contributed by atoms with van der Waals surface area (Å²) in [6.07, 6.45) is 5.40. The molecule has 0 radical (unpaired) electrons. The molecule has 5 nitrogen and oxygen atoms in total. The van der Waals surface area contributed by atoms with Crippen molar-refractivity contribution in [2.45, 2.75) is 19.3 Å². The first-order valence-electron chi connectivity index (χ1n) is 6.98. The highest BCUT2D eigenvalue weighted by Crippen LogP contribution is 2.24. The molecule has 2 aromatic rings. The van der Waals surface area contributed by atoms with E-state index in [-0.39, 0.29) is 11.8 Å². The molecule has 21 heavy (non-hydrogen) atoms. The van der Waals surface area contributed by atoms with Crippen molar-refractivity contribution >= 4 is 23.2 Å². The molecule has 0 saturated carbocycles. The second-order valence-electron chi connectivity index (χ2n) is 5.02. The van der Waals surface area contributed by atoms with Crippen molar-refractivity contribution in [2.75, 3.05) is 16.8 Å². The zero-order valence-electron chi connectivity index (χ0n) is 11.5. The van der Waals surface area contributed by atoms with E-state index in [0.29, 0.717) is 17.7 Å². The molecule has 2 heterocycles. The minimum Gasteiger partial charge on any atom is -0.472 e. The van der Waals surface area contributed by atoms with Crippen LogP contribution < -0.4 is 10.2 Å². The highest BCUT2D eigenvalue weighted by molar-refractivity contribution is 6.04. The number of carbonyl (C=O) groups excluding carboxylic acids is 2. The lowest BCUT2D eigenvalue weighted by molar-refractivity contribution is -0.119. The molecule has 1 aromatic carbocycles. The van der Waals surface area contributed by atoms with Gasteiger partial charge >= 0.3 is 0 Å². The highest BCUT2D eigenvalue weighted by atomic mass is 16.3. The molecule has 1 aliphatic rings. The maximum atomic E-state index is 12.0. The van der Waals surface area contributed by atoms with Gasteiger partial charge in [0.2, 0.25) is 5.91 Å². The van der Waals surface area contributed by atoms with Gasteiger partial charge in [-0.15, -0.1) is 0 Å². The maximum absolute atomic E-state index is 12.0. The predicted octanol–water partition coefficient (Wildman–Crippen LogP) is 3.05. The number of nitrogens with zero attached hydrogens (tertiary/aromatic N) is 1. The maximum Gasteiger partial charge on any atom is 0.258 e. The van der Waals surface area contributed by atoms with E-state index in [1.165, 1.54) is 12.5 Å². The summed E-state index contributed by atoms with van der Waals surface area (Å²) >= 11 is 0. The van der Waals surface area contributed by atoms with E-state index >= 15 is 0 Å². The lowest BCUT2D eigenvalue weighted by Crippen LogP contribution is -2.35. The number of hydrogen-bond donors (Lipinski definition) is 1. The van der Waals surface area contributed by atoms with Gasteiger partial charge in [0.15, 0.2) is 0 Å². The van der Waals surface area contributed by atoms with Gasteiger partial charge in [-0.2, -0.15) is 0 Å². The minimum absolute atomic E-state index is 0.138. The van der Waals surface area contributed by atoms with Crippen LogP contribution in [0.1, 0.15) is 29.6 Å². The summed E-state index contributed by atoms with van der Waals surface area (Å²) in [7, 11) is 0. The Bertz CT molecular complexity index is 649. The first-order valence-corrected chi connectivity index (χ1v) is 6.98. The molecule has 0 aliphatic carbocycles. The molecule has 0 spiro atoms. The molecular weight excluding hydrogens is 268 g/mol. The van der Waals surface area contributed by atoms with Crippen LogP contribution in [0.4, 0.5) is 11.4 Å². The Morgan fingerprint density at radius 1 is 1.24 bits per heavy atom. The van der Waals surface area contributed by atoms with Gasteiger partial charge in [-0.25, -0.2) is 0 Å². The molecule has 108 valence electrons. The number of amides is 2. The van der Waals surface area contributed by atoms with Crippen LogP contribution in [0.2, 0.25) is 0 Å². The fraction of sp³-hybridized carbons (Fsp3) is 0.250. The summed E-state index contributed by atoms with van der Waals surface area (Å²) < 4.78 is 4.89. The molecule has 1 aromatic heterocycles. The summed E-state index contributed by atoms with van der Waals surface area (Å²) in [5, 5.41) is 2.80. The van der Waals surface area contributed by atoms with Gasteiger partial charge in [0.05, 0.1) is 11.8 Å². The standard InChI is InChI=1S/C16H16N2O3/c19-15-6-1-2-8-18(15)14-5-3-4-13(10-14)17-16(20)12-7-9-21-11-12/h3-5,7,9-11H,1-2,6,8H2,(H,17,20). The number of hydrogen-bond acceptors (Lipinski definition) is 3. The number of nitrogens with one attached hydrogen (secondary N) is 1. The summed E-state index contributed by atoms with van der Waals surface area (Å²) in [6.45, 7) is 0.734. The first kappa shape index (κ1) is 13.4. The summed E-state index contributed by atoms with van der Waals surface area (Å²) in [6, 6.07) is 8.95. The Balaban J connectivity index is 1.77. The van der Waals surface area contributed by atoms with Crippen molar-refractivity contribution in [2.24, 2.45) is 0 Å². The van der Waals surface area contributed by atoms with Gasteiger partial charge in [0.25, 0.3) is 5.91 Å². The van der Waals surface area contributed by atoms with Crippen LogP contribution >= 0.6 is 0 Å². The fourth-order valence-electron chi connectivity index (χ4n) is 2.43. The Morgan fingerprint density at radius 3 is 2.90 bits per heavy atom. The van der Waals surface area contributed by atoms with E-state index in [2.05, 4.69) is 5.32 Å². The number of benzene rings is 1. The Labute approximate surface area is 122 Å². The number of rotatable bonds is 3. The Morgan fingerprint density at radius 2 is 2.14 bits per heavy atom. The van der Waals surface area contributed by atoms with Crippen LogP contribution in [0.15, 0.2) is 47.3 Å². The zero-order valence-corrected chi connectivity index (χ0v) is 11.5. The van der Waals surface area contributed by atoms with Crippen molar-refractivity contribution in [1.29, 1.82) is 0 Å². The first-order chi connectivity index (χ1) is 10.2. The third kappa shape index (κ3) is 2.97. The largest absolute Gasteiger partial charge is 0.472 e. The van der Waals surface area contributed by atoms with Gasteiger partial charge in [0, 0.05) is 24.3 Å². The third-order valence-corrected chi connectivity index (χ3v) is 3.52. The van der Waals surface area contributed by atoms with Crippen LogP contribution in [0.25, 0.3) is 0 Å². The highest BCUT2D eigenvalue weighted by Gasteiger charge is 2.19. The number of piperidine rings is 1. The third-order valence-electron chi connectivity index (χ3n) is 3.52. The van der Waals surface area contributed by atoms with E-state index in [9.17, 15) is 9.59 Å². The van der Waals surface area contributed by atoms with Crippen molar-refractivity contribution in [3.63, 3.8) is 0 Å². The fourth-order valence-corrected chi connectivity index (χ4v) is 2.43. The Kier molecular flexibility index (Phi) is 3.73. The van der Waals surface area contributed by atoms with Crippen molar-refractivity contribution in [1.82, 2.24) is 0 Å². The topological polar surface area (TPSA) is 62.6 Å². The second-order valence-corrected chi connectivity index (χ2v) is 5.02. The van der Waals surface area contributed by atoms with E-state index in [0.717, 1.165) is 25.1 Å². The molecule has 3 rings (SSSR count). The molecule has 1 N–H and O–H groups in total. The van der Waals surface area contributed by atoms with Gasteiger partial charge in [-0.3, -0.25) is 9.59 Å². The quantitative estimate of drug-likeness (QED) is 0.942. The zero-order chi connectivity index (χ0) is 14.7. The molecule has 1 aliphatic heterocycles. The molecule has 1 fully saturated rings. The number of anilines is 2. The lowest BCUT2D eigenvalue weighted by atomic mass is 10.1. The lowest BCUT2D eigenvalue weighted by Gasteiger charge is -2.27. The van der Waals surface area contributed by atoms with Crippen LogP contribution in [0, 0.1) is 0 Å². The molecular formula is C16H16N2O3. The summed E-state index contributed by atoms with van der Waals surface area (Å²) in [5.74, 6) is -0.0922. The SMILES string of the molecule is O=C(Nc1cccc(N2CCCCC2=O)c1)c1ccoc1. The smallest absolute Gasteiger partial charge is 0.258 e. The van der Waals surface area contributed by atoms with Crippen molar-refractivity contribution in [3.05, 3.63) is 48.4 Å². The van der Waals surface area contributed by atoms with Gasteiger partial charge in [0.1, 0.15) is 6.26 Å². The van der Waals surface area contributed by atoms with Crippen molar-refractivity contribution < 1.29 is 14.0 Å². The average Bonchev–Trinajstić information content (AvgIpc) is 3.02. The normalized spacial score (nSPS) is 15.0. The average molecular weight is 284 g/mol. The summed E-state index contributed by atoms with van der Waals surface area (Å²) in [5.41, 5.74) is 1.95. The second kappa shape index (κ2) is 5.83. The van der Waals surface area contributed by atoms with E-state index in [4.69, 9.17) is 4.42 Å². The molecule has 2 amide bonds. The minimum atomic E-state index is -0.231. The predicted molar refractivity (Wildman–Crippen MR) is 79.3 cm³/mol. The number of carbonyl (C=O) groups is 2. The van der Waals surface area contributed by atoms with Crippen LogP contribution in [0.5, 0.6) is 0 Å². The molecule has 1 saturated heterocycles. The van der Waals surface area contributed by atoms with E-state index in [1.807, 2.05) is 18.2 Å². The Hall–Kier alpha value is -2.56. The molecule has 5 heteroatoms. The molecule has 0 unspecified atom stereocenters. The van der Waals surface area contributed by atoms with Crippen molar-refractivity contribution in [3.8, 4) is 0 Å². The molecule has 0 atom stereocenters. The van der Waals surface area contributed by atoms with Gasteiger partial charge in [-0.1, -0.05) is 6.07 Å². The van der Waals surface area contributed by atoms with Gasteiger partial charge in [-0.05, 0) is 37.1 Å². The van der Waals surface area contributed by atoms with Crippen LogP contribution in [0.3, 0.4) is 0 Å². The van der Waals surface area contributed by atoms with Gasteiger partial charge < -0.3 is 14.6 Å². The summed E-state index contributed by atoms with van der Waals surface area (Å²) in [4.78, 5) is 25.7. The van der Waals surface area contributed by atoms with Crippen LogP contribution in [-0.2, 0) is 4.79 Å². The van der Waals surface area contributed by atoms with Crippen LogP contribution in [-0.4, -0.2) is 18.4 Å².